The first-order valence-electron chi connectivity index (χ1n) is 7.36. The van der Waals surface area contributed by atoms with Crippen molar-refractivity contribution in [1.29, 1.82) is 0 Å². The number of para-hydroxylation sites is 3. The maximum Gasteiger partial charge on any atom is 0.175 e. The van der Waals surface area contributed by atoms with Crippen molar-refractivity contribution < 1.29 is 9.13 Å². The summed E-state index contributed by atoms with van der Waals surface area (Å²) in [6.07, 6.45) is 0. The number of halogens is 1. The summed E-state index contributed by atoms with van der Waals surface area (Å²) >= 11 is 5.29. The Morgan fingerprint density at radius 2 is 1.58 bits per heavy atom. The van der Waals surface area contributed by atoms with Crippen LogP contribution in [0.3, 0.4) is 0 Å². The zero-order valence-corrected chi connectivity index (χ0v) is 13.5. The van der Waals surface area contributed by atoms with Gasteiger partial charge in [0.2, 0.25) is 0 Å². The standard InChI is InChI=1S/C19H15FN2OS/c20-14-7-6-8-15(13-14)21-19(24)22-17-11-4-5-12-18(17)23-16-9-2-1-3-10-16/h1-13H,(H2,21,22,24). The van der Waals surface area contributed by atoms with E-state index in [1.807, 2.05) is 54.6 Å². The minimum atomic E-state index is -0.324. The number of benzene rings is 3. The van der Waals surface area contributed by atoms with Crippen molar-refractivity contribution in [3.63, 3.8) is 0 Å². The first kappa shape index (κ1) is 16.0. The zero-order chi connectivity index (χ0) is 16.8. The third kappa shape index (κ3) is 4.30. The molecule has 3 rings (SSSR count). The molecule has 0 bridgehead atoms. The van der Waals surface area contributed by atoms with Crippen molar-refractivity contribution in [3.8, 4) is 11.5 Å². The molecule has 2 N–H and O–H groups in total. The highest BCUT2D eigenvalue weighted by atomic mass is 32.1. The van der Waals surface area contributed by atoms with Crippen LogP contribution >= 0.6 is 12.2 Å². The second-order valence-electron chi connectivity index (χ2n) is 5.00. The minimum absolute atomic E-state index is 0.324. The summed E-state index contributed by atoms with van der Waals surface area (Å²) in [5.41, 5.74) is 1.30. The largest absolute Gasteiger partial charge is 0.455 e. The minimum Gasteiger partial charge on any atom is -0.455 e. The van der Waals surface area contributed by atoms with Gasteiger partial charge in [0.05, 0.1) is 5.69 Å². The van der Waals surface area contributed by atoms with Crippen molar-refractivity contribution in [2.45, 2.75) is 0 Å². The third-order valence-corrected chi connectivity index (χ3v) is 3.39. The summed E-state index contributed by atoms with van der Waals surface area (Å²) in [5.74, 6) is 1.05. The van der Waals surface area contributed by atoms with Gasteiger partial charge in [-0.1, -0.05) is 36.4 Å². The van der Waals surface area contributed by atoms with Crippen molar-refractivity contribution >= 4 is 28.7 Å². The maximum absolute atomic E-state index is 13.2. The van der Waals surface area contributed by atoms with E-state index in [0.717, 1.165) is 11.4 Å². The molecule has 120 valence electrons. The molecule has 0 aliphatic carbocycles. The van der Waals surface area contributed by atoms with E-state index in [9.17, 15) is 4.39 Å². The number of anilines is 2. The molecule has 0 heterocycles. The lowest BCUT2D eigenvalue weighted by Gasteiger charge is -2.14. The lowest BCUT2D eigenvalue weighted by molar-refractivity contribution is 0.485. The molecular formula is C19H15FN2OS. The Labute approximate surface area is 145 Å². The molecule has 0 amide bonds. The average Bonchev–Trinajstić information content (AvgIpc) is 2.57. The third-order valence-electron chi connectivity index (χ3n) is 3.19. The normalized spacial score (nSPS) is 10.0. The number of nitrogens with one attached hydrogen (secondary N) is 2. The summed E-state index contributed by atoms with van der Waals surface area (Å²) in [6, 6.07) is 23.1. The van der Waals surface area contributed by atoms with Crippen molar-refractivity contribution in [2.24, 2.45) is 0 Å². The summed E-state index contributed by atoms with van der Waals surface area (Å²) in [7, 11) is 0. The van der Waals surface area contributed by atoms with Gasteiger partial charge in [0, 0.05) is 5.69 Å². The molecule has 5 heteroatoms. The van der Waals surface area contributed by atoms with Crippen molar-refractivity contribution in [1.82, 2.24) is 0 Å². The van der Waals surface area contributed by atoms with E-state index in [1.54, 1.807) is 12.1 Å². The van der Waals surface area contributed by atoms with Gasteiger partial charge < -0.3 is 15.4 Å². The number of rotatable bonds is 4. The fraction of sp³-hybridized carbons (Fsp3) is 0. The van der Waals surface area contributed by atoms with E-state index >= 15 is 0 Å². The molecule has 0 saturated carbocycles. The van der Waals surface area contributed by atoms with Crippen LogP contribution in [0.4, 0.5) is 15.8 Å². The Morgan fingerprint density at radius 3 is 2.38 bits per heavy atom. The molecular weight excluding hydrogens is 323 g/mol. The molecule has 0 spiro atoms. The van der Waals surface area contributed by atoms with Gasteiger partial charge in [-0.2, -0.15) is 0 Å². The van der Waals surface area contributed by atoms with Crippen LogP contribution < -0.4 is 15.4 Å². The molecule has 24 heavy (non-hydrogen) atoms. The molecule has 0 fully saturated rings. The van der Waals surface area contributed by atoms with Crippen molar-refractivity contribution in [2.75, 3.05) is 10.6 Å². The van der Waals surface area contributed by atoms with Crippen LogP contribution in [0.25, 0.3) is 0 Å². The molecule has 3 nitrogen and oxygen atoms in total. The van der Waals surface area contributed by atoms with Crippen LogP contribution in [-0.4, -0.2) is 5.11 Å². The molecule has 0 aliphatic heterocycles. The van der Waals surface area contributed by atoms with Gasteiger partial charge in [-0.25, -0.2) is 4.39 Å². The van der Waals surface area contributed by atoms with Crippen LogP contribution in [0.2, 0.25) is 0 Å². The zero-order valence-electron chi connectivity index (χ0n) is 12.7. The highest BCUT2D eigenvalue weighted by Gasteiger charge is 2.06. The fourth-order valence-electron chi connectivity index (χ4n) is 2.13. The molecule has 3 aromatic carbocycles. The molecule has 0 aromatic heterocycles. The quantitative estimate of drug-likeness (QED) is 0.622. The van der Waals surface area contributed by atoms with E-state index in [1.165, 1.54) is 12.1 Å². The summed E-state index contributed by atoms with van der Waals surface area (Å²) in [4.78, 5) is 0. The van der Waals surface area contributed by atoms with Gasteiger partial charge in [-0.15, -0.1) is 0 Å². The topological polar surface area (TPSA) is 33.3 Å². The van der Waals surface area contributed by atoms with Gasteiger partial charge in [0.1, 0.15) is 11.6 Å². The van der Waals surface area contributed by atoms with Crippen LogP contribution in [0.5, 0.6) is 11.5 Å². The fourth-order valence-corrected chi connectivity index (χ4v) is 2.35. The van der Waals surface area contributed by atoms with Crippen LogP contribution in [0, 0.1) is 5.82 Å². The second kappa shape index (κ2) is 7.57. The molecule has 0 aliphatic rings. The smallest absolute Gasteiger partial charge is 0.175 e. The Bertz CT molecular complexity index is 840. The summed E-state index contributed by atoms with van der Waals surface area (Å²) in [5, 5.41) is 6.37. The second-order valence-corrected chi connectivity index (χ2v) is 5.41. The lowest BCUT2D eigenvalue weighted by atomic mass is 10.3. The Kier molecular flexibility index (Phi) is 5.03. The monoisotopic (exact) mass is 338 g/mol. The van der Waals surface area contributed by atoms with E-state index in [0.29, 0.717) is 16.5 Å². The first-order chi connectivity index (χ1) is 11.7. The Balaban J connectivity index is 1.72. The molecule has 0 radical (unpaired) electrons. The maximum atomic E-state index is 13.2. The van der Waals surface area contributed by atoms with Gasteiger partial charge >= 0.3 is 0 Å². The average molecular weight is 338 g/mol. The molecule has 0 unspecified atom stereocenters. The van der Waals surface area contributed by atoms with Gasteiger partial charge in [0.25, 0.3) is 0 Å². The van der Waals surface area contributed by atoms with Crippen LogP contribution in [-0.2, 0) is 0 Å². The summed E-state index contributed by atoms with van der Waals surface area (Å²) in [6.45, 7) is 0. The van der Waals surface area contributed by atoms with E-state index in [-0.39, 0.29) is 5.82 Å². The van der Waals surface area contributed by atoms with E-state index < -0.39 is 0 Å². The summed E-state index contributed by atoms with van der Waals surface area (Å²) < 4.78 is 19.1. The van der Waals surface area contributed by atoms with Gasteiger partial charge in [-0.3, -0.25) is 0 Å². The van der Waals surface area contributed by atoms with E-state index in [2.05, 4.69) is 10.6 Å². The van der Waals surface area contributed by atoms with Crippen LogP contribution in [0.1, 0.15) is 0 Å². The predicted molar refractivity (Wildman–Crippen MR) is 99.2 cm³/mol. The number of hydrogen-bond acceptors (Lipinski definition) is 2. The predicted octanol–water partition coefficient (Wildman–Crippen LogP) is 5.43. The highest BCUT2D eigenvalue weighted by Crippen LogP contribution is 2.29. The molecule has 0 saturated heterocycles. The molecule has 0 atom stereocenters. The molecule has 3 aromatic rings. The van der Waals surface area contributed by atoms with Gasteiger partial charge in [0.15, 0.2) is 10.9 Å². The Morgan fingerprint density at radius 1 is 0.833 bits per heavy atom. The SMILES string of the molecule is Fc1cccc(NC(=S)Nc2ccccc2Oc2ccccc2)c1. The lowest BCUT2D eigenvalue weighted by Crippen LogP contribution is -2.19. The number of thiocarbonyl (C=S) groups is 1. The van der Waals surface area contributed by atoms with Crippen molar-refractivity contribution in [3.05, 3.63) is 84.7 Å². The first-order valence-corrected chi connectivity index (χ1v) is 7.77. The van der Waals surface area contributed by atoms with E-state index in [4.69, 9.17) is 17.0 Å². The van der Waals surface area contributed by atoms with Crippen LogP contribution in [0.15, 0.2) is 78.9 Å². The highest BCUT2D eigenvalue weighted by molar-refractivity contribution is 7.80. The van der Waals surface area contributed by atoms with Gasteiger partial charge in [-0.05, 0) is 54.7 Å². The number of hydrogen-bond donors (Lipinski definition) is 2. The number of ether oxygens (including phenoxy) is 1. The Hall–Kier alpha value is -2.92.